The molecule has 9 nitrogen and oxygen atoms in total. The van der Waals surface area contributed by atoms with E-state index in [1.54, 1.807) is 19.1 Å². The molecule has 1 N–H and O–H groups in total. The van der Waals surface area contributed by atoms with E-state index in [-0.39, 0.29) is 31.0 Å². The molecule has 2 aliphatic rings. The highest BCUT2D eigenvalue weighted by atomic mass is 79.9. The largest absolute Gasteiger partial charge is 0.454 e. The minimum absolute atomic E-state index is 0.0468. The van der Waals surface area contributed by atoms with Crippen LogP contribution in [0.4, 0.5) is 5.69 Å². The van der Waals surface area contributed by atoms with Gasteiger partial charge in [-0.05, 0) is 49.6 Å². The van der Waals surface area contributed by atoms with Gasteiger partial charge in [-0.15, -0.1) is 0 Å². The predicted octanol–water partition coefficient (Wildman–Crippen LogP) is 3.42. The van der Waals surface area contributed by atoms with Crippen LogP contribution >= 0.6 is 15.9 Å². The Labute approximate surface area is 219 Å². The molecular weight excluding hydrogens is 550 g/mol. The molecule has 2 amide bonds. The number of carbonyl (C=O) groups excluding carboxylic acids is 2. The van der Waals surface area contributed by atoms with E-state index >= 15 is 0 Å². The van der Waals surface area contributed by atoms with Gasteiger partial charge in [-0.2, -0.15) is 0 Å². The molecule has 194 valence electrons. The molecule has 0 bridgehead atoms. The maximum absolute atomic E-state index is 13.6. The van der Waals surface area contributed by atoms with Gasteiger partial charge in [0.25, 0.3) is 0 Å². The molecule has 4 rings (SSSR count). The number of nitrogens with one attached hydrogen (secondary N) is 1. The maximum Gasteiger partial charge on any atom is 0.244 e. The zero-order valence-corrected chi connectivity index (χ0v) is 22.7. The van der Waals surface area contributed by atoms with Crippen LogP contribution in [0.5, 0.6) is 11.5 Å². The lowest BCUT2D eigenvalue weighted by molar-refractivity contribution is -0.139. The monoisotopic (exact) mass is 579 g/mol. The van der Waals surface area contributed by atoms with E-state index in [4.69, 9.17) is 9.47 Å². The van der Waals surface area contributed by atoms with Crippen LogP contribution in [0.2, 0.25) is 0 Å². The zero-order chi connectivity index (χ0) is 25.9. The highest BCUT2D eigenvalue weighted by Gasteiger charge is 2.32. The number of fused-ring (bicyclic) bond motifs is 1. The van der Waals surface area contributed by atoms with E-state index < -0.39 is 28.5 Å². The highest BCUT2D eigenvalue weighted by molar-refractivity contribution is 9.10. The van der Waals surface area contributed by atoms with Crippen LogP contribution in [0.3, 0.4) is 0 Å². The molecule has 1 heterocycles. The molecule has 1 fully saturated rings. The summed E-state index contributed by atoms with van der Waals surface area (Å²) in [6.07, 6.45) is 5.02. The lowest BCUT2D eigenvalue weighted by atomic mass is 10.1. The smallest absolute Gasteiger partial charge is 0.244 e. The van der Waals surface area contributed by atoms with Gasteiger partial charge in [-0.3, -0.25) is 13.9 Å². The van der Waals surface area contributed by atoms with Crippen molar-refractivity contribution in [3.05, 3.63) is 52.5 Å². The number of halogens is 1. The van der Waals surface area contributed by atoms with Gasteiger partial charge in [-0.25, -0.2) is 8.42 Å². The van der Waals surface area contributed by atoms with E-state index in [1.165, 1.54) is 11.0 Å². The molecule has 1 saturated carbocycles. The standard InChI is InChI=1S/C25H30BrN3O6S/c1-17(25(31)27-20-5-3-4-6-20)28(14-18-7-9-19(26)10-8-18)24(30)15-29(36(2,32)33)21-11-12-22-23(13-21)35-16-34-22/h7-13,17,20H,3-6,14-16H2,1-2H3,(H,27,31)/t17-/m1/s1. The van der Waals surface area contributed by atoms with Crippen molar-refractivity contribution in [2.75, 3.05) is 23.9 Å². The summed E-state index contributed by atoms with van der Waals surface area (Å²) in [6, 6.07) is 11.5. The van der Waals surface area contributed by atoms with E-state index in [0.29, 0.717) is 11.5 Å². The summed E-state index contributed by atoms with van der Waals surface area (Å²) >= 11 is 3.41. The Kier molecular flexibility index (Phi) is 8.09. The van der Waals surface area contributed by atoms with Gasteiger partial charge in [0.1, 0.15) is 12.6 Å². The number of rotatable bonds is 9. The summed E-state index contributed by atoms with van der Waals surface area (Å²) in [7, 11) is -3.82. The molecule has 2 aromatic rings. The van der Waals surface area contributed by atoms with Crippen molar-refractivity contribution < 1.29 is 27.5 Å². The first-order valence-electron chi connectivity index (χ1n) is 11.8. The second-order valence-electron chi connectivity index (χ2n) is 9.12. The summed E-state index contributed by atoms with van der Waals surface area (Å²) < 4.78 is 38.0. The molecule has 0 saturated heterocycles. The molecule has 0 radical (unpaired) electrons. The Morgan fingerprint density at radius 3 is 2.42 bits per heavy atom. The summed E-state index contributed by atoms with van der Waals surface area (Å²) in [4.78, 5) is 28.2. The molecule has 1 atom stereocenters. The lowest BCUT2D eigenvalue weighted by Crippen LogP contribution is -2.52. The lowest BCUT2D eigenvalue weighted by Gasteiger charge is -2.32. The van der Waals surface area contributed by atoms with E-state index in [0.717, 1.165) is 46.3 Å². The predicted molar refractivity (Wildman–Crippen MR) is 139 cm³/mol. The Morgan fingerprint density at radius 1 is 1.08 bits per heavy atom. The summed E-state index contributed by atoms with van der Waals surface area (Å²) in [5.41, 5.74) is 1.10. The summed E-state index contributed by atoms with van der Waals surface area (Å²) in [5.74, 6) is 0.175. The normalized spacial score (nSPS) is 16.0. The molecule has 1 aliphatic heterocycles. The zero-order valence-electron chi connectivity index (χ0n) is 20.3. The van der Waals surface area contributed by atoms with Gasteiger partial charge in [0.05, 0.1) is 11.9 Å². The van der Waals surface area contributed by atoms with E-state index in [1.807, 2.05) is 24.3 Å². The Balaban J connectivity index is 1.59. The number of anilines is 1. The van der Waals surface area contributed by atoms with Crippen molar-refractivity contribution in [2.24, 2.45) is 0 Å². The number of hydrogen-bond donors (Lipinski definition) is 1. The quantitative estimate of drug-likeness (QED) is 0.488. The molecule has 11 heteroatoms. The maximum atomic E-state index is 13.6. The van der Waals surface area contributed by atoms with Crippen LogP contribution in [-0.4, -0.2) is 56.8 Å². The molecule has 0 spiro atoms. The van der Waals surface area contributed by atoms with Crippen molar-refractivity contribution in [1.29, 1.82) is 0 Å². The number of benzene rings is 2. The SMILES string of the molecule is C[C@H](C(=O)NC1CCCC1)N(Cc1ccc(Br)cc1)C(=O)CN(c1ccc2c(c1)OCO2)S(C)(=O)=O. The molecule has 1 aliphatic carbocycles. The van der Waals surface area contributed by atoms with Crippen LogP contribution in [0.15, 0.2) is 46.9 Å². The number of carbonyl (C=O) groups is 2. The van der Waals surface area contributed by atoms with Crippen LogP contribution in [-0.2, 0) is 26.2 Å². The Morgan fingerprint density at radius 2 is 1.75 bits per heavy atom. The minimum atomic E-state index is -3.82. The van der Waals surface area contributed by atoms with Crippen LogP contribution in [0, 0.1) is 0 Å². The van der Waals surface area contributed by atoms with Gasteiger partial charge in [-0.1, -0.05) is 40.9 Å². The summed E-state index contributed by atoms with van der Waals surface area (Å²) in [5, 5.41) is 3.05. The fourth-order valence-corrected chi connectivity index (χ4v) is 5.52. The molecular formula is C25H30BrN3O6S. The second kappa shape index (κ2) is 11.1. The van der Waals surface area contributed by atoms with E-state index in [9.17, 15) is 18.0 Å². The Bertz CT molecular complexity index is 1210. The topological polar surface area (TPSA) is 105 Å². The van der Waals surface area contributed by atoms with Crippen molar-refractivity contribution in [2.45, 2.75) is 51.2 Å². The first-order valence-corrected chi connectivity index (χ1v) is 14.5. The van der Waals surface area contributed by atoms with Crippen molar-refractivity contribution >= 4 is 43.5 Å². The van der Waals surface area contributed by atoms with Gasteiger partial charge < -0.3 is 19.7 Å². The summed E-state index contributed by atoms with van der Waals surface area (Å²) in [6.45, 7) is 1.41. The minimum Gasteiger partial charge on any atom is -0.454 e. The van der Waals surface area contributed by atoms with Gasteiger partial charge in [0, 0.05) is 23.1 Å². The van der Waals surface area contributed by atoms with Crippen molar-refractivity contribution in [1.82, 2.24) is 10.2 Å². The highest BCUT2D eigenvalue weighted by Crippen LogP contribution is 2.36. The third kappa shape index (κ3) is 6.31. The van der Waals surface area contributed by atoms with Crippen LogP contribution < -0.4 is 19.1 Å². The van der Waals surface area contributed by atoms with Gasteiger partial charge in [0.15, 0.2) is 11.5 Å². The fourth-order valence-electron chi connectivity index (χ4n) is 4.42. The van der Waals surface area contributed by atoms with Crippen LogP contribution in [0.1, 0.15) is 38.2 Å². The number of amides is 2. The Hall–Kier alpha value is -2.79. The molecule has 0 aromatic heterocycles. The molecule has 0 unspecified atom stereocenters. The fraction of sp³-hybridized carbons (Fsp3) is 0.440. The van der Waals surface area contributed by atoms with E-state index in [2.05, 4.69) is 21.2 Å². The third-order valence-electron chi connectivity index (χ3n) is 6.46. The average molecular weight is 581 g/mol. The first-order chi connectivity index (χ1) is 17.1. The first kappa shape index (κ1) is 26.3. The van der Waals surface area contributed by atoms with Gasteiger partial charge in [0.2, 0.25) is 28.6 Å². The van der Waals surface area contributed by atoms with Crippen molar-refractivity contribution in [3.63, 3.8) is 0 Å². The van der Waals surface area contributed by atoms with Crippen LogP contribution in [0.25, 0.3) is 0 Å². The number of ether oxygens (including phenoxy) is 2. The molecule has 36 heavy (non-hydrogen) atoms. The number of sulfonamides is 1. The van der Waals surface area contributed by atoms with Gasteiger partial charge >= 0.3 is 0 Å². The van der Waals surface area contributed by atoms with Crippen molar-refractivity contribution in [3.8, 4) is 11.5 Å². The average Bonchev–Trinajstić information content (AvgIpc) is 3.52. The third-order valence-corrected chi connectivity index (χ3v) is 8.13. The second-order valence-corrected chi connectivity index (χ2v) is 11.9. The molecule has 2 aromatic carbocycles. The number of hydrogen-bond acceptors (Lipinski definition) is 6. The number of nitrogens with zero attached hydrogens (tertiary/aromatic N) is 2.